The van der Waals surface area contributed by atoms with E-state index in [2.05, 4.69) is 47.3 Å². The van der Waals surface area contributed by atoms with Crippen LogP contribution in [0.1, 0.15) is 5.56 Å². The first-order chi connectivity index (χ1) is 15.2. The number of nitrogens with one attached hydrogen (secondary N) is 2. The minimum absolute atomic E-state index is 0.0741. The molecule has 1 aliphatic heterocycles. The van der Waals surface area contributed by atoms with E-state index in [4.69, 9.17) is 0 Å². The fraction of sp³-hybridized carbons (Fsp3) is 0.364. The summed E-state index contributed by atoms with van der Waals surface area (Å²) < 4.78 is 1.76. The van der Waals surface area contributed by atoms with Crippen molar-refractivity contribution in [2.75, 3.05) is 44.2 Å². The lowest BCUT2D eigenvalue weighted by atomic mass is 10.1. The Hall–Kier alpha value is -3.46. The number of para-hydroxylation sites is 1. The molecule has 1 amide bonds. The molecule has 0 atom stereocenters. The Balaban J connectivity index is 1.11. The second-order valence-electron chi connectivity index (χ2n) is 7.93. The highest BCUT2D eigenvalue weighted by Crippen LogP contribution is 2.23. The van der Waals surface area contributed by atoms with Crippen molar-refractivity contribution in [1.29, 1.82) is 0 Å². The first kappa shape index (κ1) is 19.5. The summed E-state index contributed by atoms with van der Waals surface area (Å²) >= 11 is 0. The molecule has 4 heterocycles. The van der Waals surface area contributed by atoms with Crippen LogP contribution in [0.4, 0.5) is 5.82 Å². The van der Waals surface area contributed by atoms with Gasteiger partial charge in [0.05, 0.1) is 18.1 Å². The van der Waals surface area contributed by atoms with Crippen molar-refractivity contribution in [3.63, 3.8) is 0 Å². The maximum Gasteiger partial charge on any atom is 0.234 e. The third-order valence-corrected chi connectivity index (χ3v) is 5.94. The standard InChI is InChI=1S/C22H26N8O/c1-28-21-18(13-27-28)22(26-15-25-21)30-10-8-29(9-11-30)14-20(31)23-7-6-16-12-24-19-5-3-2-4-17(16)19/h2-5,12-13,15,24H,6-11,14H2,1H3,(H,23,31). The van der Waals surface area contributed by atoms with Gasteiger partial charge in [-0.05, 0) is 18.1 Å². The Bertz CT molecular complexity index is 1200. The number of nitrogens with zero attached hydrogens (tertiary/aromatic N) is 6. The number of carbonyl (C=O) groups excluding carboxylic acids is 1. The van der Waals surface area contributed by atoms with Gasteiger partial charge in [-0.1, -0.05) is 18.2 Å². The van der Waals surface area contributed by atoms with Gasteiger partial charge in [0.2, 0.25) is 5.91 Å². The molecule has 1 fully saturated rings. The molecule has 0 bridgehead atoms. The van der Waals surface area contributed by atoms with Crippen LogP contribution in [-0.4, -0.2) is 74.8 Å². The molecule has 3 aromatic heterocycles. The van der Waals surface area contributed by atoms with E-state index in [1.807, 2.05) is 31.6 Å². The molecule has 0 saturated carbocycles. The molecule has 0 radical (unpaired) electrons. The van der Waals surface area contributed by atoms with Gasteiger partial charge in [-0.3, -0.25) is 14.4 Å². The van der Waals surface area contributed by atoms with Crippen LogP contribution < -0.4 is 10.2 Å². The molecule has 0 spiro atoms. The number of hydrogen-bond donors (Lipinski definition) is 2. The number of amides is 1. The van der Waals surface area contributed by atoms with E-state index in [0.717, 1.165) is 55.0 Å². The van der Waals surface area contributed by atoms with Crippen LogP contribution in [0.2, 0.25) is 0 Å². The van der Waals surface area contributed by atoms with Crippen LogP contribution in [0.15, 0.2) is 43.0 Å². The maximum absolute atomic E-state index is 12.4. The number of benzene rings is 1. The highest BCUT2D eigenvalue weighted by molar-refractivity contribution is 5.86. The summed E-state index contributed by atoms with van der Waals surface area (Å²) in [5, 5.41) is 9.54. The molecule has 0 unspecified atom stereocenters. The van der Waals surface area contributed by atoms with Crippen LogP contribution in [0.3, 0.4) is 0 Å². The molecule has 1 aromatic carbocycles. The average Bonchev–Trinajstić information content (AvgIpc) is 3.38. The highest BCUT2D eigenvalue weighted by atomic mass is 16.2. The van der Waals surface area contributed by atoms with Crippen LogP contribution in [0.5, 0.6) is 0 Å². The molecule has 1 aliphatic rings. The van der Waals surface area contributed by atoms with Gasteiger partial charge in [-0.25, -0.2) is 9.97 Å². The lowest BCUT2D eigenvalue weighted by Gasteiger charge is -2.35. The van der Waals surface area contributed by atoms with Crippen molar-refractivity contribution in [1.82, 2.24) is 34.9 Å². The number of aromatic nitrogens is 5. The van der Waals surface area contributed by atoms with Crippen molar-refractivity contribution in [2.45, 2.75) is 6.42 Å². The van der Waals surface area contributed by atoms with Crippen molar-refractivity contribution >= 4 is 33.7 Å². The number of hydrogen-bond acceptors (Lipinski definition) is 6. The number of aryl methyl sites for hydroxylation is 1. The van der Waals surface area contributed by atoms with Crippen molar-refractivity contribution < 1.29 is 4.79 Å². The molecule has 5 rings (SSSR count). The van der Waals surface area contributed by atoms with E-state index < -0.39 is 0 Å². The summed E-state index contributed by atoms with van der Waals surface area (Å²) in [6, 6.07) is 8.24. The van der Waals surface area contributed by atoms with Gasteiger partial charge in [0.25, 0.3) is 0 Å². The molecule has 1 saturated heterocycles. The molecule has 4 aromatic rings. The van der Waals surface area contributed by atoms with Gasteiger partial charge in [0.1, 0.15) is 12.1 Å². The zero-order valence-corrected chi connectivity index (χ0v) is 17.6. The first-order valence-electron chi connectivity index (χ1n) is 10.6. The number of carbonyl (C=O) groups is 1. The molecular weight excluding hydrogens is 392 g/mol. The number of rotatable bonds is 6. The molecule has 160 valence electrons. The second kappa shape index (κ2) is 8.35. The van der Waals surface area contributed by atoms with Gasteiger partial charge in [0, 0.05) is 56.9 Å². The smallest absolute Gasteiger partial charge is 0.234 e. The van der Waals surface area contributed by atoms with Gasteiger partial charge in [-0.15, -0.1) is 0 Å². The molecule has 9 nitrogen and oxygen atoms in total. The molecule has 2 N–H and O–H groups in total. The topological polar surface area (TPSA) is 95.0 Å². The number of H-pyrrole nitrogens is 1. The summed E-state index contributed by atoms with van der Waals surface area (Å²) in [6.45, 7) is 4.35. The summed E-state index contributed by atoms with van der Waals surface area (Å²) in [6.07, 6.45) is 6.26. The van der Waals surface area contributed by atoms with E-state index >= 15 is 0 Å². The molecule has 0 aliphatic carbocycles. The lowest BCUT2D eigenvalue weighted by Crippen LogP contribution is -2.50. The monoisotopic (exact) mass is 418 g/mol. The van der Waals surface area contributed by atoms with Crippen molar-refractivity contribution in [3.8, 4) is 0 Å². The van der Waals surface area contributed by atoms with Crippen LogP contribution in [0, 0.1) is 0 Å². The largest absolute Gasteiger partial charge is 0.361 e. The number of aromatic amines is 1. The zero-order valence-electron chi connectivity index (χ0n) is 17.6. The fourth-order valence-corrected chi connectivity index (χ4v) is 4.25. The summed E-state index contributed by atoms with van der Waals surface area (Å²) in [7, 11) is 1.88. The Labute approximate surface area is 180 Å². The molecule has 9 heteroatoms. The average molecular weight is 419 g/mol. The summed E-state index contributed by atoms with van der Waals surface area (Å²) in [5.41, 5.74) is 3.20. The summed E-state index contributed by atoms with van der Waals surface area (Å²) in [5.74, 6) is 0.992. The minimum atomic E-state index is 0.0741. The molecular formula is C22H26N8O. The highest BCUT2D eigenvalue weighted by Gasteiger charge is 2.22. The third-order valence-electron chi connectivity index (χ3n) is 5.94. The van der Waals surface area contributed by atoms with Crippen molar-refractivity contribution in [3.05, 3.63) is 48.5 Å². The number of fused-ring (bicyclic) bond motifs is 2. The number of anilines is 1. The molecule has 31 heavy (non-hydrogen) atoms. The second-order valence-corrected chi connectivity index (χ2v) is 7.93. The third kappa shape index (κ3) is 3.96. The Morgan fingerprint density at radius 3 is 2.84 bits per heavy atom. The normalized spacial score (nSPS) is 15.1. The van der Waals surface area contributed by atoms with Crippen molar-refractivity contribution in [2.24, 2.45) is 7.05 Å². The van der Waals surface area contributed by atoms with E-state index in [0.29, 0.717) is 13.1 Å². The van der Waals surface area contributed by atoms with E-state index in [1.165, 1.54) is 10.9 Å². The Morgan fingerprint density at radius 2 is 1.97 bits per heavy atom. The predicted molar refractivity (Wildman–Crippen MR) is 120 cm³/mol. The number of piperazine rings is 1. The zero-order chi connectivity index (χ0) is 21.2. The van der Waals surface area contributed by atoms with Gasteiger partial charge < -0.3 is 15.2 Å². The van der Waals surface area contributed by atoms with E-state index in [9.17, 15) is 4.79 Å². The maximum atomic E-state index is 12.4. The minimum Gasteiger partial charge on any atom is -0.361 e. The van der Waals surface area contributed by atoms with E-state index in [1.54, 1.807) is 11.0 Å². The first-order valence-corrected chi connectivity index (χ1v) is 10.6. The fourth-order valence-electron chi connectivity index (χ4n) is 4.25. The quantitative estimate of drug-likeness (QED) is 0.491. The van der Waals surface area contributed by atoms with E-state index in [-0.39, 0.29) is 5.91 Å². The SMILES string of the molecule is Cn1ncc2c(N3CCN(CC(=O)NCCc4c[nH]c5ccccc45)CC3)ncnc21. The van der Waals surface area contributed by atoms with Gasteiger partial charge >= 0.3 is 0 Å². The Kier molecular flexibility index (Phi) is 5.25. The van der Waals surface area contributed by atoms with Crippen LogP contribution in [-0.2, 0) is 18.3 Å². The van der Waals surface area contributed by atoms with Gasteiger partial charge in [0.15, 0.2) is 5.65 Å². The lowest BCUT2D eigenvalue weighted by molar-refractivity contribution is -0.122. The predicted octanol–water partition coefficient (Wildman–Crippen LogP) is 1.33. The van der Waals surface area contributed by atoms with Crippen LogP contribution in [0.25, 0.3) is 21.9 Å². The summed E-state index contributed by atoms with van der Waals surface area (Å²) in [4.78, 5) is 28.9. The Morgan fingerprint density at radius 1 is 1.13 bits per heavy atom. The van der Waals surface area contributed by atoms with Crippen LogP contribution >= 0.6 is 0 Å². The van der Waals surface area contributed by atoms with Gasteiger partial charge in [-0.2, -0.15) is 5.10 Å².